The van der Waals surface area contributed by atoms with Crippen molar-refractivity contribution in [1.82, 2.24) is 4.90 Å². The smallest absolute Gasteiger partial charge is 0.121 e. The van der Waals surface area contributed by atoms with Crippen LogP contribution in [0, 0.1) is 0 Å². The average Bonchev–Trinajstić information content (AvgIpc) is 2.29. The zero-order valence-electron chi connectivity index (χ0n) is 10.5. The van der Waals surface area contributed by atoms with Crippen molar-refractivity contribution in [3.63, 3.8) is 0 Å². The molecule has 18 heavy (non-hydrogen) atoms. The second-order valence-electron chi connectivity index (χ2n) is 5.12. The molecule has 0 amide bonds. The molecule has 1 aromatic rings. The van der Waals surface area contributed by atoms with Gasteiger partial charge in [-0.05, 0) is 25.0 Å². The molecule has 2 heterocycles. The number of nitrogens with zero attached hydrogens (tertiary/aromatic N) is 1. The van der Waals surface area contributed by atoms with Crippen LogP contribution in [0.5, 0.6) is 5.75 Å². The van der Waals surface area contributed by atoms with Crippen LogP contribution in [0.2, 0.25) is 0 Å². The van der Waals surface area contributed by atoms with Gasteiger partial charge in [0.05, 0.1) is 19.3 Å². The lowest BCUT2D eigenvalue weighted by Gasteiger charge is -2.41. The second-order valence-corrected chi connectivity index (χ2v) is 5.12. The molecule has 0 aliphatic carbocycles. The van der Waals surface area contributed by atoms with Gasteiger partial charge in [-0.25, -0.2) is 0 Å². The molecule has 2 saturated heterocycles. The number of nitrogen functional groups attached to an aromatic ring is 1. The van der Waals surface area contributed by atoms with Crippen LogP contribution in [-0.2, 0) is 4.74 Å². The summed E-state index contributed by atoms with van der Waals surface area (Å²) in [6, 6.07) is 8.34. The van der Waals surface area contributed by atoms with E-state index in [-0.39, 0.29) is 0 Å². The van der Waals surface area contributed by atoms with E-state index in [9.17, 15) is 0 Å². The fourth-order valence-corrected chi connectivity index (χ4v) is 2.57. The van der Waals surface area contributed by atoms with Gasteiger partial charge in [-0.2, -0.15) is 0 Å². The van der Waals surface area contributed by atoms with Crippen LogP contribution < -0.4 is 10.5 Å². The molecule has 0 radical (unpaired) electrons. The molecule has 0 atom stereocenters. The van der Waals surface area contributed by atoms with Crippen molar-refractivity contribution in [2.45, 2.75) is 25.0 Å². The molecule has 2 aliphatic rings. The zero-order chi connectivity index (χ0) is 12.4. The van der Waals surface area contributed by atoms with E-state index in [0.717, 1.165) is 50.6 Å². The van der Waals surface area contributed by atoms with Crippen molar-refractivity contribution in [2.24, 2.45) is 0 Å². The third-order valence-electron chi connectivity index (χ3n) is 3.77. The Morgan fingerprint density at radius 2 is 2.00 bits per heavy atom. The normalized spacial score (nSPS) is 22.7. The van der Waals surface area contributed by atoms with E-state index < -0.39 is 0 Å². The Labute approximate surface area is 108 Å². The van der Waals surface area contributed by atoms with Gasteiger partial charge >= 0.3 is 0 Å². The average molecular weight is 248 g/mol. The Hall–Kier alpha value is -1.26. The molecular weight excluding hydrogens is 228 g/mol. The van der Waals surface area contributed by atoms with Crippen molar-refractivity contribution in [1.29, 1.82) is 0 Å². The molecule has 4 heteroatoms. The van der Waals surface area contributed by atoms with Crippen molar-refractivity contribution in [3.8, 4) is 5.75 Å². The maximum atomic E-state index is 5.98. The molecule has 3 rings (SSSR count). The predicted octanol–water partition coefficient (Wildman–Crippen LogP) is 1.51. The number of hydrogen-bond acceptors (Lipinski definition) is 4. The first-order valence-corrected chi connectivity index (χ1v) is 6.65. The third-order valence-corrected chi connectivity index (χ3v) is 3.77. The largest absolute Gasteiger partial charge is 0.490 e. The monoisotopic (exact) mass is 248 g/mol. The fourth-order valence-electron chi connectivity index (χ4n) is 2.57. The molecule has 0 spiro atoms. The van der Waals surface area contributed by atoms with E-state index in [2.05, 4.69) is 4.90 Å². The van der Waals surface area contributed by atoms with Crippen LogP contribution in [0.1, 0.15) is 12.8 Å². The first-order chi connectivity index (χ1) is 8.81. The topological polar surface area (TPSA) is 47.7 Å². The van der Waals surface area contributed by atoms with E-state index in [1.54, 1.807) is 0 Å². The summed E-state index contributed by atoms with van der Waals surface area (Å²) in [6.07, 6.45) is 2.50. The van der Waals surface area contributed by atoms with Gasteiger partial charge in [0.2, 0.25) is 0 Å². The number of benzene rings is 1. The molecule has 98 valence electrons. The lowest BCUT2D eigenvalue weighted by molar-refractivity contribution is -0.0778. The minimum atomic E-state index is 0.323. The maximum absolute atomic E-state index is 5.98. The summed E-state index contributed by atoms with van der Waals surface area (Å²) >= 11 is 0. The summed E-state index contributed by atoms with van der Waals surface area (Å²) in [5.74, 6) is 0.889. The van der Waals surface area contributed by atoms with Gasteiger partial charge < -0.3 is 15.2 Å². The molecule has 1 aromatic carbocycles. The van der Waals surface area contributed by atoms with Gasteiger partial charge in [0, 0.05) is 24.8 Å². The number of hydrogen-bond donors (Lipinski definition) is 1. The summed E-state index contributed by atoms with van der Waals surface area (Å²) < 4.78 is 11.2. The van der Waals surface area contributed by atoms with E-state index in [1.807, 2.05) is 24.3 Å². The molecular formula is C14H20N2O2. The first kappa shape index (κ1) is 11.8. The number of piperidine rings is 1. The summed E-state index contributed by atoms with van der Waals surface area (Å²) in [7, 11) is 0. The zero-order valence-corrected chi connectivity index (χ0v) is 10.5. The van der Waals surface area contributed by atoms with Crippen molar-refractivity contribution in [3.05, 3.63) is 24.3 Å². The molecule has 2 N–H and O–H groups in total. The number of likely N-dealkylation sites (tertiary alicyclic amines) is 1. The molecule has 4 nitrogen and oxygen atoms in total. The highest BCUT2D eigenvalue weighted by Gasteiger charge is 2.30. The van der Waals surface area contributed by atoms with Gasteiger partial charge in [-0.1, -0.05) is 6.07 Å². The standard InChI is InChI=1S/C14H20N2O2/c15-11-2-1-3-14(8-11)18-13-4-6-16(7-5-13)12-9-17-10-12/h1-3,8,12-13H,4-7,9-10,15H2. The Kier molecular flexibility index (Phi) is 3.39. The van der Waals surface area contributed by atoms with Crippen molar-refractivity contribution < 1.29 is 9.47 Å². The molecule has 2 fully saturated rings. The summed E-state index contributed by atoms with van der Waals surface area (Å²) in [5, 5.41) is 0. The Morgan fingerprint density at radius 3 is 2.61 bits per heavy atom. The van der Waals surface area contributed by atoms with Crippen LogP contribution in [0.25, 0.3) is 0 Å². The van der Waals surface area contributed by atoms with Gasteiger partial charge in [-0.3, -0.25) is 4.90 Å². The van der Waals surface area contributed by atoms with Crippen LogP contribution >= 0.6 is 0 Å². The number of ether oxygens (including phenoxy) is 2. The van der Waals surface area contributed by atoms with E-state index >= 15 is 0 Å². The van der Waals surface area contributed by atoms with Crippen LogP contribution in [-0.4, -0.2) is 43.3 Å². The molecule has 0 aromatic heterocycles. The summed E-state index contributed by atoms with van der Waals surface area (Å²) in [4.78, 5) is 2.52. The van der Waals surface area contributed by atoms with E-state index in [0.29, 0.717) is 12.1 Å². The Bertz CT molecular complexity index is 399. The second kappa shape index (κ2) is 5.16. The third kappa shape index (κ3) is 2.60. The van der Waals surface area contributed by atoms with E-state index in [1.165, 1.54) is 0 Å². The Morgan fingerprint density at radius 1 is 1.22 bits per heavy atom. The molecule has 0 saturated carbocycles. The minimum Gasteiger partial charge on any atom is -0.490 e. The number of rotatable bonds is 3. The van der Waals surface area contributed by atoms with Crippen LogP contribution in [0.4, 0.5) is 5.69 Å². The SMILES string of the molecule is Nc1cccc(OC2CCN(C3COC3)CC2)c1. The van der Waals surface area contributed by atoms with Crippen molar-refractivity contribution in [2.75, 3.05) is 32.0 Å². The maximum Gasteiger partial charge on any atom is 0.121 e. The quantitative estimate of drug-likeness (QED) is 0.824. The fraction of sp³-hybridized carbons (Fsp3) is 0.571. The van der Waals surface area contributed by atoms with Gasteiger partial charge in [-0.15, -0.1) is 0 Å². The van der Waals surface area contributed by atoms with Gasteiger partial charge in [0.15, 0.2) is 0 Å². The van der Waals surface area contributed by atoms with Gasteiger partial charge in [0.25, 0.3) is 0 Å². The molecule has 0 unspecified atom stereocenters. The number of nitrogens with two attached hydrogens (primary N) is 1. The summed E-state index contributed by atoms with van der Waals surface area (Å²) in [5.41, 5.74) is 6.51. The highest BCUT2D eigenvalue weighted by atomic mass is 16.5. The van der Waals surface area contributed by atoms with Crippen LogP contribution in [0.3, 0.4) is 0 Å². The first-order valence-electron chi connectivity index (χ1n) is 6.65. The number of anilines is 1. The minimum absolute atomic E-state index is 0.323. The molecule has 0 bridgehead atoms. The van der Waals surface area contributed by atoms with E-state index in [4.69, 9.17) is 15.2 Å². The lowest BCUT2D eigenvalue weighted by Crippen LogP contribution is -2.52. The van der Waals surface area contributed by atoms with Gasteiger partial charge in [0.1, 0.15) is 11.9 Å². The van der Waals surface area contributed by atoms with Crippen LogP contribution in [0.15, 0.2) is 24.3 Å². The highest BCUT2D eigenvalue weighted by Crippen LogP contribution is 2.23. The molecule has 2 aliphatic heterocycles. The lowest BCUT2D eigenvalue weighted by atomic mass is 10.0. The highest BCUT2D eigenvalue weighted by molar-refractivity contribution is 5.43. The predicted molar refractivity (Wildman–Crippen MR) is 70.7 cm³/mol. The van der Waals surface area contributed by atoms with Crippen molar-refractivity contribution >= 4 is 5.69 Å². The Balaban J connectivity index is 1.50. The summed E-state index contributed by atoms with van der Waals surface area (Å²) in [6.45, 7) is 4.03.